The van der Waals surface area contributed by atoms with E-state index < -0.39 is 10.0 Å². The lowest BCUT2D eigenvalue weighted by Crippen LogP contribution is -2.49. The first-order valence-electron chi connectivity index (χ1n) is 7.96. The predicted octanol–water partition coefficient (Wildman–Crippen LogP) is 2.95. The van der Waals surface area contributed by atoms with Crippen molar-refractivity contribution in [2.24, 2.45) is 0 Å². The molecule has 128 valence electrons. The third kappa shape index (κ3) is 3.16. The van der Waals surface area contributed by atoms with Crippen LogP contribution in [0.3, 0.4) is 0 Å². The highest BCUT2D eigenvalue weighted by molar-refractivity contribution is 7.89. The van der Waals surface area contributed by atoms with Crippen LogP contribution in [0.15, 0.2) is 47.4 Å². The molecule has 0 aromatic heterocycles. The van der Waals surface area contributed by atoms with E-state index in [1.165, 1.54) is 10.4 Å². The van der Waals surface area contributed by atoms with Gasteiger partial charge in [0.2, 0.25) is 10.0 Å². The molecule has 2 aromatic carbocycles. The van der Waals surface area contributed by atoms with Crippen molar-refractivity contribution in [2.75, 3.05) is 31.1 Å². The molecule has 0 saturated carbocycles. The Balaban J connectivity index is 1.78. The molecule has 1 heterocycles. The molecule has 0 spiro atoms. The second-order valence-corrected chi connectivity index (χ2v) is 8.02. The Kier molecular flexibility index (Phi) is 4.60. The highest BCUT2D eigenvalue weighted by atomic mass is 32.2. The summed E-state index contributed by atoms with van der Waals surface area (Å²) < 4.78 is 41.1. The van der Waals surface area contributed by atoms with Crippen molar-refractivity contribution in [1.29, 1.82) is 0 Å². The number of piperazine rings is 1. The van der Waals surface area contributed by atoms with Gasteiger partial charge in [-0.25, -0.2) is 12.8 Å². The molecule has 6 heteroatoms. The Morgan fingerprint density at radius 3 is 2.25 bits per heavy atom. The maximum absolute atomic E-state index is 13.9. The average molecular weight is 348 g/mol. The minimum Gasteiger partial charge on any atom is -0.367 e. The molecule has 3 rings (SSSR count). The van der Waals surface area contributed by atoms with Crippen LogP contribution in [0.25, 0.3) is 0 Å². The fraction of sp³-hybridized carbons (Fsp3) is 0.333. The number of benzene rings is 2. The first-order valence-corrected chi connectivity index (χ1v) is 9.40. The lowest BCUT2D eigenvalue weighted by Gasteiger charge is -2.35. The summed E-state index contributed by atoms with van der Waals surface area (Å²) in [6, 6.07) is 12.0. The normalized spacial score (nSPS) is 16.4. The van der Waals surface area contributed by atoms with Gasteiger partial charge in [0.1, 0.15) is 5.82 Å². The van der Waals surface area contributed by atoms with Crippen molar-refractivity contribution >= 4 is 15.7 Å². The van der Waals surface area contributed by atoms with E-state index in [0.29, 0.717) is 36.8 Å². The van der Waals surface area contributed by atoms with Gasteiger partial charge in [0, 0.05) is 26.2 Å². The molecule has 4 nitrogen and oxygen atoms in total. The number of nitrogens with zero attached hydrogens (tertiary/aromatic N) is 2. The van der Waals surface area contributed by atoms with Crippen LogP contribution < -0.4 is 4.90 Å². The molecular weight excluding hydrogens is 327 g/mol. The first kappa shape index (κ1) is 16.9. The average Bonchev–Trinajstić information content (AvgIpc) is 2.55. The van der Waals surface area contributed by atoms with E-state index in [1.54, 1.807) is 24.3 Å². The molecule has 0 atom stereocenters. The van der Waals surface area contributed by atoms with E-state index in [0.717, 1.165) is 11.1 Å². The van der Waals surface area contributed by atoms with Crippen molar-refractivity contribution in [3.8, 4) is 0 Å². The Bertz CT molecular complexity index is 844. The van der Waals surface area contributed by atoms with Crippen LogP contribution in [0.4, 0.5) is 10.1 Å². The molecule has 1 aliphatic rings. The Hall–Kier alpha value is -1.92. The van der Waals surface area contributed by atoms with Crippen LogP contribution in [-0.4, -0.2) is 38.9 Å². The third-order valence-corrected chi connectivity index (χ3v) is 6.44. The SMILES string of the molecule is Cc1ccc(S(=O)(=O)N2CCN(c3ccccc3F)CC2)c(C)c1. The lowest BCUT2D eigenvalue weighted by molar-refractivity contribution is 0.383. The number of hydrogen-bond acceptors (Lipinski definition) is 3. The fourth-order valence-corrected chi connectivity index (χ4v) is 4.73. The van der Waals surface area contributed by atoms with Crippen LogP contribution in [-0.2, 0) is 10.0 Å². The zero-order valence-corrected chi connectivity index (χ0v) is 14.7. The summed E-state index contributed by atoms with van der Waals surface area (Å²) in [6.07, 6.45) is 0. The Morgan fingerprint density at radius 2 is 1.62 bits per heavy atom. The van der Waals surface area contributed by atoms with Crippen molar-refractivity contribution in [1.82, 2.24) is 4.31 Å². The summed E-state index contributed by atoms with van der Waals surface area (Å²) in [4.78, 5) is 2.25. The van der Waals surface area contributed by atoms with Crippen LogP contribution in [0.1, 0.15) is 11.1 Å². The molecule has 1 fully saturated rings. The largest absolute Gasteiger partial charge is 0.367 e. The highest BCUT2D eigenvalue weighted by Crippen LogP contribution is 2.25. The van der Waals surface area contributed by atoms with E-state index in [1.807, 2.05) is 30.9 Å². The van der Waals surface area contributed by atoms with Gasteiger partial charge >= 0.3 is 0 Å². The van der Waals surface area contributed by atoms with Gasteiger partial charge in [-0.3, -0.25) is 0 Å². The van der Waals surface area contributed by atoms with Crippen LogP contribution in [0.5, 0.6) is 0 Å². The van der Waals surface area contributed by atoms with Crippen LogP contribution in [0, 0.1) is 19.7 Å². The minimum atomic E-state index is -3.51. The number of anilines is 1. The van der Waals surface area contributed by atoms with E-state index in [4.69, 9.17) is 0 Å². The molecule has 1 aliphatic heterocycles. The van der Waals surface area contributed by atoms with Crippen molar-refractivity contribution in [2.45, 2.75) is 18.7 Å². The molecule has 0 bridgehead atoms. The van der Waals surface area contributed by atoms with E-state index in [2.05, 4.69) is 0 Å². The zero-order chi connectivity index (χ0) is 17.3. The zero-order valence-electron chi connectivity index (χ0n) is 13.9. The van der Waals surface area contributed by atoms with Crippen molar-refractivity contribution < 1.29 is 12.8 Å². The van der Waals surface area contributed by atoms with Gasteiger partial charge < -0.3 is 4.90 Å². The molecule has 24 heavy (non-hydrogen) atoms. The second-order valence-electron chi connectivity index (χ2n) is 6.11. The van der Waals surface area contributed by atoms with Crippen molar-refractivity contribution in [3.05, 3.63) is 59.4 Å². The van der Waals surface area contributed by atoms with Gasteiger partial charge in [-0.05, 0) is 37.6 Å². The van der Waals surface area contributed by atoms with Gasteiger partial charge in [-0.15, -0.1) is 0 Å². The number of para-hydroxylation sites is 1. The summed E-state index contributed by atoms with van der Waals surface area (Å²) in [5.41, 5.74) is 2.32. The Morgan fingerprint density at radius 1 is 0.958 bits per heavy atom. The highest BCUT2D eigenvalue weighted by Gasteiger charge is 2.30. The van der Waals surface area contributed by atoms with E-state index in [9.17, 15) is 12.8 Å². The summed E-state index contributed by atoms with van der Waals surface area (Å²) >= 11 is 0. The molecule has 0 unspecified atom stereocenters. The molecule has 0 amide bonds. The maximum Gasteiger partial charge on any atom is 0.243 e. The number of sulfonamides is 1. The van der Waals surface area contributed by atoms with Crippen molar-refractivity contribution in [3.63, 3.8) is 0 Å². The summed E-state index contributed by atoms with van der Waals surface area (Å²) in [5, 5.41) is 0. The maximum atomic E-state index is 13.9. The smallest absolute Gasteiger partial charge is 0.243 e. The van der Waals surface area contributed by atoms with Gasteiger partial charge in [0.15, 0.2) is 0 Å². The summed E-state index contributed by atoms with van der Waals surface area (Å²) in [6.45, 7) is 5.41. The molecule has 0 radical (unpaired) electrons. The van der Waals surface area contributed by atoms with E-state index >= 15 is 0 Å². The van der Waals surface area contributed by atoms with Gasteiger partial charge in [0.25, 0.3) is 0 Å². The summed E-state index contributed by atoms with van der Waals surface area (Å²) in [5.74, 6) is -0.275. The molecule has 1 saturated heterocycles. The van der Waals surface area contributed by atoms with Crippen LogP contribution >= 0.6 is 0 Å². The predicted molar refractivity (Wildman–Crippen MR) is 93.3 cm³/mol. The number of hydrogen-bond donors (Lipinski definition) is 0. The van der Waals surface area contributed by atoms with E-state index in [-0.39, 0.29) is 5.82 Å². The molecular formula is C18H21FN2O2S. The Labute approximate surface area is 142 Å². The molecule has 0 aliphatic carbocycles. The number of aryl methyl sites for hydroxylation is 2. The summed E-state index contributed by atoms with van der Waals surface area (Å²) in [7, 11) is -3.51. The monoisotopic (exact) mass is 348 g/mol. The topological polar surface area (TPSA) is 40.6 Å². The lowest BCUT2D eigenvalue weighted by atomic mass is 10.2. The van der Waals surface area contributed by atoms with Gasteiger partial charge in [0.05, 0.1) is 10.6 Å². The van der Waals surface area contributed by atoms with Gasteiger partial charge in [-0.2, -0.15) is 4.31 Å². The quantitative estimate of drug-likeness (QED) is 0.856. The van der Waals surface area contributed by atoms with Crippen LogP contribution in [0.2, 0.25) is 0 Å². The molecule has 0 N–H and O–H groups in total. The second kappa shape index (κ2) is 6.53. The third-order valence-electron chi connectivity index (χ3n) is 4.38. The van der Waals surface area contributed by atoms with Gasteiger partial charge in [-0.1, -0.05) is 29.8 Å². The number of rotatable bonds is 3. The molecule has 2 aromatic rings. The standard InChI is InChI=1S/C18H21FN2O2S/c1-14-7-8-18(15(2)13-14)24(22,23)21-11-9-20(10-12-21)17-6-4-3-5-16(17)19/h3-8,13H,9-12H2,1-2H3. The number of halogens is 1. The first-order chi connectivity index (χ1) is 11.4. The minimum absolute atomic E-state index is 0.275. The fourth-order valence-electron chi connectivity index (χ4n) is 3.11.